The summed E-state index contributed by atoms with van der Waals surface area (Å²) >= 11 is 0. The molecule has 0 saturated carbocycles. The van der Waals surface area contributed by atoms with Crippen LogP contribution in [0.25, 0.3) is 0 Å². The molecule has 11 heavy (non-hydrogen) atoms. The van der Waals surface area contributed by atoms with Crippen molar-refractivity contribution in [3.63, 3.8) is 0 Å². The zero-order chi connectivity index (χ0) is 7.68. The predicted molar refractivity (Wildman–Crippen MR) is 40.1 cm³/mol. The summed E-state index contributed by atoms with van der Waals surface area (Å²) in [7, 11) is 0. The van der Waals surface area contributed by atoms with Crippen molar-refractivity contribution in [2.75, 3.05) is 6.61 Å². The summed E-state index contributed by atoms with van der Waals surface area (Å²) in [5.41, 5.74) is 1.16. The predicted octanol–water partition coefficient (Wildman–Crippen LogP) is 1.42. The highest BCUT2D eigenvalue weighted by Crippen LogP contribution is 2.27. The minimum atomic E-state index is -0.144. The Morgan fingerprint density at radius 3 is 3.00 bits per heavy atom. The number of hydrogen-bond donors (Lipinski definition) is 0. The van der Waals surface area contributed by atoms with Crippen LogP contribution in [0.4, 0.5) is 0 Å². The van der Waals surface area contributed by atoms with E-state index < -0.39 is 0 Å². The molecular formula is C9H9O2. The maximum atomic E-state index is 10.5. The molecule has 2 rings (SSSR count). The number of hydrogen-bond acceptors (Lipinski definition) is 1. The highest BCUT2D eigenvalue weighted by atomic mass is 16.5. The van der Waals surface area contributed by atoms with Crippen LogP contribution in [-0.4, -0.2) is 12.7 Å². The molecule has 2 nitrogen and oxygen atoms in total. The molecule has 1 unspecified atom stereocenters. The molecular weight excluding hydrogens is 140 g/mol. The first kappa shape index (κ1) is 6.68. The van der Waals surface area contributed by atoms with Gasteiger partial charge in [-0.25, -0.2) is 5.11 Å². The lowest BCUT2D eigenvalue weighted by Crippen LogP contribution is -2.16. The van der Waals surface area contributed by atoms with E-state index in [9.17, 15) is 5.11 Å². The lowest BCUT2D eigenvalue weighted by atomic mass is 10.1. The highest BCUT2D eigenvalue weighted by molar-refractivity contribution is 5.37. The minimum Gasteiger partial charge on any atom is -0.487 e. The molecule has 57 valence electrons. The number of para-hydroxylation sites is 1. The first-order valence-corrected chi connectivity index (χ1v) is 3.73. The summed E-state index contributed by atoms with van der Waals surface area (Å²) in [6, 6.07) is 7.80. The Balaban J connectivity index is 2.27. The third kappa shape index (κ3) is 1.10. The zero-order valence-electron chi connectivity index (χ0n) is 6.12. The van der Waals surface area contributed by atoms with Crippen LogP contribution in [0.5, 0.6) is 5.75 Å². The van der Waals surface area contributed by atoms with Crippen LogP contribution in [0.2, 0.25) is 0 Å². The number of ether oxygens (including phenoxy) is 1. The van der Waals surface area contributed by atoms with Gasteiger partial charge in [0.25, 0.3) is 0 Å². The van der Waals surface area contributed by atoms with Gasteiger partial charge in [-0.2, -0.15) is 0 Å². The van der Waals surface area contributed by atoms with Gasteiger partial charge in [0, 0.05) is 6.42 Å². The van der Waals surface area contributed by atoms with E-state index in [4.69, 9.17) is 4.74 Å². The van der Waals surface area contributed by atoms with E-state index >= 15 is 0 Å². The van der Waals surface area contributed by atoms with Crippen molar-refractivity contribution in [3.05, 3.63) is 29.8 Å². The SMILES string of the molecule is [O]CC1Cc2ccccc2O1. The molecule has 1 atom stereocenters. The van der Waals surface area contributed by atoms with Crippen molar-refractivity contribution >= 4 is 0 Å². The molecule has 1 heterocycles. The summed E-state index contributed by atoms with van der Waals surface area (Å²) < 4.78 is 5.34. The fourth-order valence-electron chi connectivity index (χ4n) is 1.35. The molecule has 1 aromatic rings. The number of fused-ring (bicyclic) bond motifs is 1. The Bertz CT molecular complexity index is 232. The fourth-order valence-corrected chi connectivity index (χ4v) is 1.35. The number of benzene rings is 1. The van der Waals surface area contributed by atoms with Gasteiger partial charge in [0.15, 0.2) is 0 Å². The maximum absolute atomic E-state index is 10.5. The number of rotatable bonds is 1. The van der Waals surface area contributed by atoms with Crippen molar-refractivity contribution in [1.82, 2.24) is 0 Å². The largest absolute Gasteiger partial charge is 0.487 e. The molecule has 0 aromatic heterocycles. The lowest BCUT2D eigenvalue weighted by Gasteiger charge is -2.03. The average Bonchev–Trinajstić information content (AvgIpc) is 2.46. The quantitative estimate of drug-likeness (QED) is 0.593. The van der Waals surface area contributed by atoms with Crippen molar-refractivity contribution < 1.29 is 9.84 Å². The van der Waals surface area contributed by atoms with Crippen molar-refractivity contribution in [1.29, 1.82) is 0 Å². The zero-order valence-corrected chi connectivity index (χ0v) is 6.12. The molecule has 1 aromatic carbocycles. The summed E-state index contributed by atoms with van der Waals surface area (Å²) in [4.78, 5) is 0. The van der Waals surface area contributed by atoms with E-state index in [0.717, 1.165) is 17.7 Å². The van der Waals surface area contributed by atoms with Crippen molar-refractivity contribution in [3.8, 4) is 5.75 Å². The van der Waals surface area contributed by atoms with Gasteiger partial charge in [0.2, 0.25) is 0 Å². The normalized spacial score (nSPS) is 21.0. The third-order valence-electron chi connectivity index (χ3n) is 1.90. The Morgan fingerprint density at radius 1 is 1.45 bits per heavy atom. The van der Waals surface area contributed by atoms with Crippen LogP contribution in [0, 0.1) is 0 Å². The average molecular weight is 149 g/mol. The standard InChI is InChI=1S/C9H9O2/c10-6-8-5-7-3-1-2-4-9(7)11-8/h1-4,8H,5-6H2. The monoisotopic (exact) mass is 149 g/mol. The van der Waals surface area contributed by atoms with Gasteiger partial charge in [-0.15, -0.1) is 0 Å². The molecule has 0 spiro atoms. The molecule has 0 aliphatic carbocycles. The van der Waals surface area contributed by atoms with Gasteiger partial charge in [0.1, 0.15) is 18.5 Å². The van der Waals surface area contributed by atoms with Crippen LogP contribution in [-0.2, 0) is 11.5 Å². The van der Waals surface area contributed by atoms with Crippen LogP contribution in [0.15, 0.2) is 24.3 Å². The second-order valence-electron chi connectivity index (χ2n) is 2.72. The third-order valence-corrected chi connectivity index (χ3v) is 1.90. The second kappa shape index (κ2) is 2.55. The van der Waals surface area contributed by atoms with Gasteiger partial charge in [0.05, 0.1) is 0 Å². The summed E-state index contributed by atoms with van der Waals surface area (Å²) in [5.74, 6) is 0.883. The minimum absolute atomic E-state index is 0.132. The molecule has 0 amide bonds. The molecule has 1 aliphatic rings. The molecule has 1 aliphatic heterocycles. The first-order valence-electron chi connectivity index (χ1n) is 3.73. The van der Waals surface area contributed by atoms with E-state index in [1.165, 1.54) is 0 Å². The van der Waals surface area contributed by atoms with Gasteiger partial charge in [-0.3, -0.25) is 0 Å². The van der Waals surface area contributed by atoms with Gasteiger partial charge >= 0.3 is 0 Å². The summed E-state index contributed by atoms with van der Waals surface area (Å²) in [6.07, 6.45) is 0.645. The van der Waals surface area contributed by atoms with Crippen LogP contribution >= 0.6 is 0 Å². The first-order chi connectivity index (χ1) is 5.40. The Kier molecular flexibility index (Phi) is 1.55. The molecule has 0 N–H and O–H groups in total. The summed E-state index contributed by atoms with van der Waals surface area (Å²) in [6.45, 7) is -0.144. The van der Waals surface area contributed by atoms with E-state index in [1.54, 1.807) is 0 Å². The highest BCUT2D eigenvalue weighted by Gasteiger charge is 2.21. The molecule has 1 radical (unpaired) electrons. The van der Waals surface area contributed by atoms with Crippen molar-refractivity contribution in [2.45, 2.75) is 12.5 Å². The van der Waals surface area contributed by atoms with Crippen LogP contribution < -0.4 is 4.74 Å². The molecule has 0 bridgehead atoms. The second-order valence-corrected chi connectivity index (χ2v) is 2.72. The smallest absolute Gasteiger partial charge is 0.129 e. The Labute approximate surface area is 65.4 Å². The van der Waals surface area contributed by atoms with E-state index in [1.807, 2.05) is 24.3 Å². The van der Waals surface area contributed by atoms with E-state index in [-0.39, 0.29) is 12.7 Å². The topological polar surface area (TPSA) is 29.1 Å². The van der Waals surface area contributed by atoms with Gasteiger partial charge in [-0.1, -0.05) is 18.2 Å². The lowest BCUT2D eigenvalue weighted by molar-refractivity contribution is 0.0857. The van der Waals surface area contributed by atoms with Crippen molar-refractivity contribution in [2.24, 2.45) is 0 Å². The molecule has 0 fully saturated rings. The fraction of sp³-hybridized carbons (Fsp3) is 0.333. The molecule has 0 saturated heterocycles. The van der Waals surface area contributed by atoms with Crippen LogP contribution in [0.1, 0.15) is 5.56 Å². The Hall–Kier alpha value is -1.02. The van der Waals surface area contributed by atoms with E-state index in [2.05, 4.69) is 0 Å². The molecule has 2 heteroatoms. The van der Waals surface area contributed by atoms with E-state index in [0.29, 0.717) is 0 Å². The summed E-state index contributed by atoms with van der Waals surface area (Å²) in [5, 5.41) is 10.5. The van der Waals surface area contributed by atoms with Gasteiger partial charge in [-0.05, 0) is 11.6 Å². The Morgan fingerprint density at radius 2 is 2.27 bits per heavy atom. The van der Waals surface area contributed by atoms with Gasteiger partial charge < -0.3 is 4.74 Å². The maximum Gasteiger partial charge on any atom is 0.129 e. The van der Waals surface area contributed by atoms with Crippen LogP contribution in [0.3, 0.4) is 0 Å².